The SMILES string of the molecule is CCN(CC(=O)O)C1CCN(C(=O)c2cnn(Cc3ccccc3)c2C)CC1. The van der Waals surface area contributed by atoms with E-state index < -0.39 is 5.97 Å². The van der Waals surface area contributed by atoms with Crippen molar-refractivity contribution >= 4 is 11.9 Å². The number of carbonyl (C=O) groups excluding carboxylic acids is 1. The van der Waals surface area contributed by atoms with Crippen molar-refractivity contribution in [3.63, 3.8) is 0 Å². The topological polar surface area (TPSA) is 78.7 Å². The van der Waals surface area contributed by atoms with Gasteiger partial charge in [-0.05, 0) is 31.9 Å². The molecule has 0 saturated carbocycles. The highest BCUT2D eigenvalue weighted by atomic mass is 16.4. The molecule has 1 aromatic heterocycles. The van der Waals surface area contributed by atoms with Crippen LogP contribution < -0.4 is 0 Å². The lowest BCUT2D eigenvalue weighted by atomic mass is 10.0. The molecule has 0 unspecified atom stereocenters. The van der Waals surface area contributed by atoms with E-state index in [1.807, 2.05) is 58.7 Å². The van der Waals surface area contributed by atoms with Crippen LogP contribution in [0.15, 0.2) is 36.5 Å². The molecule has 0 bridgehead atoms. The van der Waals surface area contributed by atoms with Gasteiger partial charge in [0.1, 0.15) is 0 Å². The van der Waals surface area contributed by atoms with Crippen LogP contribution in [0.2, 0.25) is 0 Å². The molecule has 0 spiro atoms. The Labute approximate surface area is 165 Å². The minimum atomic E-state index is -0.804. The molecule has 2 aromatic rings. The van der Waals surface area contributed by atoms with E-state index >= 15 is 0 Å². The van der Waals surface area contributed by atoms with Crippen molar-refractivity contribution in [1.82, 2.24) is 19.6 Å². The zero-order valence-corrected chi connectivity index (χ0v) is 16.5. The number of aromatic nitrogens is 2. The average Bonchev–Trinajstić information content (AvgIpc) is 3.06. The molecule has 1 saturated heterocycles. The van der Waals surface area contributed by atoms with E-state index in [1.165, 1.54) is 0 Å². The van der Waals surface area contributed by atoms with Crippen LogP contribution in [0, 0.1) is 6.92 Å². The predicted octanol–water partition coefficient (Wildman–Crippen LogP) is 2.25. The second-order valence-corrected chi connectivity index (χ2v) is 7.27. The normalized spacial score (nSPS) is 15.2. The summed E-state index contributed by atoms with van der Waals surface area (Å²) in [4.78, 5) is 27.8. The first kappa shape index (κ1) is 20.1. The molecule has 1 aliphatic heterocycles. The number of benzene rings is 1. The molecule has 1 N–H and O–H groups in total. The van der Waals surface area contributed by atoms with Crippen molar-refractivity contribution in [2.75, 3.05) is 26.2 Å². The van der Waals surface area contributed by atoms with Gasteiger partial charge in [-0.15, -0.1) is 0 Å². The molecule has 7 nitrogen and oxygen atoms in total. The van der Waals surface area contributed by atoms with E-state index in [4.69, 9.17) is 5.11 Å². The molecule has 150 valence electrons. The Hall–Kier alpha value is -2.67. The number of aliphatic carboxylic acids is 1. The maximum atomic E-state index is 13.0. The molecule has 3 rings (SSSR count). The molecule has 7 heteroatoms. The van der Waals surface area contributed by atoms with Crippen LogP contribution in [0.4, 0.5) is 0 Å². The van der Waals surface area contributed by atoms with Gasteiger partial charge in [0.15, 0.2) is 0 Å². The quantitative estimate of drug-likeness (QED) is 0.792. The van der Waals surface area contributed by atoms with Gasteiger partial charge in [0.25, 0.3) is 5.91 Å². The first-order valence-corrected chi connectivity index (χ1v) is 9.81. The molecule has 0 aliphatic carbocycles. The Kier molecular flexibility index (Phi) is 6.46. The fourth-order valence-corrected chi connectivity index (χ4v) is 3.85. The summed E-state index contributed by atoms with van der Waals surface area (Å²) in [5.41, 5.74) is 2.66. The third-order valence-electron chi connectivity index (χ3n) is 5.52. The highest BCUT2D eigenvalue weighted by Gasteiger charge is 2.29. The van der Waals surface area contributed by atoms with E-state index in [9.17, 15) is 9.59 Å². The molecule has 1 aliphatic rings. The van der Waals surface area contributed by atoms with Crippen LogP contribution in [-0.2, 0) is 11.3 Å². The summed E-state index contributed by atoms with van der Waals surface area (Å²) in [6.45, 7) is 6.60. The van der Waals surface area contributed by atoms with Gasteiger partial charge in [-0.3, -0.25) is 19.2 Å². The van der Waals surface area contributed by atoms with Crippen molar-refractivity contribution in [2.24, 2.45) is 0 Å². The number of hydrogen-bond acceptors (Lipinski definition) is 4. The van der Waals surface area contributed by atoms with E-state index in [-0.39, 0.29) is 18.5 Å². The fourth-order valence-electron chi connectivity index (χ4n) is 3.85. The van der Waals surface area contributed by atoms with E-state index in [1.54, 1.807) is 6.20 Å². The number of rotatable bonds is 7. The Balaban J connectivity index is 1.62. The summed E-state index contributed by atoms with van der Waals surface area (Å²) in [7, 11) is 0. The monoisotopic (exact) mass is 384 g/mol. The van der Waals surface area contributed by atoms with Crippen LogP contribution in [-0.4, -0.2) is 68.8 Å². The number of hydrogen-bond donors (Lipinski definition) is 1. The smallest absolute Gasteiger partial charge is 0.317 e. The molecule has 1 fully saturated rings. The third kappa shape index (κ3) is 4.59. The van der Waals surface area contributed by atoms with E-state index in [0.717, 1.165) is 24.1 Å². The van der Waals surface area contributed by atoms with Gasteiger partial charge >= 0.3 is 5.97 Å². The van der Waals surface area contributed by atoms with Crippen LogP contribution >= 0.6 is 0 Å². The van der Waals surface area contributed by atoms with Gasteiger partial charge in [-0.2, -0.15) is 5.10 Å². The number of carbonyl (C=O) groups is 2. The Bertz CT molecular complexity index is 810. The van der Waals surface area contributed by atoms with Crippen LogP contribution in [0.25, 0.3) is 0 Å². The van der Waals surface area contributed by atoms with Crippen molar-refractivity contribution < 1.29 is 14.7 Å². The molecule has 0 atom stereocenters. The maximum Gasteiger partial charge on any atom is 0.317 e. The third-order valence-corrected chi connectivity index (χ3v) is 5.52. The average molecular weight is 384 g/mol. The largest absolute Gasteiger partial charge is 0.480 e. The number of nitrogens with zero attached hydrogens (tertiary/aromatic N) is 4. The number of amides is 1. The van der Waals surface area contributed by atoms with Gasteiger partial charge in [-0.1, -0.05) is 37.3 Å². The molecule has 0 radical (unpaired) electrons. The summed E-state index contributed by atoms with van der Waals surface area (Å²) in [5, 5.41) is 13.5. The lowest BCUT2D eigenvalue weighted by molar-refractivity contribution is -0.139. The summed E-state index contributed by atoms with van der Waals surface area (Å²) in [6.07, 6.45) is 3.25. The molecule has 2 heterocycles. The summed E-state index contributed by atoms with van der Waals surface area (Å²) in [5.74, 6) is -0.793. The van der Waals surface area contributed by atoms with Crippen LogP contribution in [0.1, 0.15) is 41.4 Å². The van der Waals surface area contributed by atoms with E-state index in [2.05, 4.69) is 5.10 Å². The Morgan fingerprint density at radius 1 is 1.21 bits per heavy atom. The standard InChI is InChI=1S/C21H28N4O3/c1-3-23(15-20(26)27)18-9-11-24(12-10-18)21(28)19-13-22-25(16(19)2)14-17-7-5-4-6-8-17/h4-8,13,18H,3,9-12,14-15H2,1-2H3,(H,26,27). The second kappa shape index (κ2) is 9.01. The minimum Gasteiger partial charge on any atom is -0.480 e. The maximum absolute atomic E-state index is 13.0. The second-order valence-electron chi connectivity index (χ2n) is 7.27. The number of carboxylic acid groups (broad SMARTS) is 1. The number of likely N-dealkylation sites (tertiary alicyclic amines) is 1. The van der Waals surface area contributed by atoms with E-state index in [0.29, 0.717) is 31.7 Å². The van der Waals surface area contributed by atoms with Crippen LogP contribution in [0.3, 0.4) is 0 Å². The molecular weight excluding hydrogens is 356 g/mol. The first-order chi connectivity index (χ1) is 13.5. The summed E-state index contributed by atoms with van der Waals surface area (Å²) >= 11 is 0. The van der Waals surface area contributed by atoms with Gasteiger partial charge in [0.05, 0.1) is 24.8 Å². The minimum absolute atomic E-state index is 0.0107. The van der Waals surface area contributed by atoms with Gasteiger partial charge in [0, 0.05) is 24.8 Å². The van der Waals surface area contributed by atoms with Crippen molar-refractivity contribution in [3.8, 4) is 0 Å². The van der Waals surface area contributed by atoms with Gasteiger partial charge < -0.3 is 10.0 Å². The lowest BCUT2D eigenvalue weighted by Gasteiger charge is -2.37. The Morgan fingerprint density at radius 3 is 2.50 bits per heavy atom. The Morgan fingerprint density at radius 2 is 1.89 bits per heavy atom. The molecule has 1 amide bonds. The zero-order valence-electron chi connectivity index (χ0n) is 16.5. The number of likely N-dealkylation sites (N-methyl/N-ethyl adjacent to an activating group) is 1. The van der Waals surface area contributed by atoms with Crippen molar-refractivity contribution in [1.29, 1.82) is 0 Å². The van der Waals surface area contributed by atoms with Crippen molar-refractivity contribution in [2.45, 2.75) is 39.3 Å². The molecular formula is C21H28N4O3. The van der Waals surface area contributed by atoms with Gasteiger partial charge in [-0.25, -0.2) is 0 Å². The predicted molar refractivity (Wildman–Crippen MR) is 106 cm³/mol. The number of carboxylic acids is 1. The van der Waals surface area contributed by atoms with Gasteiger partial charge in [0.2, 0.25) is 0 Å². The first-order valence-electron chi connectivity index (χ1n) is 9.81. The van der Waals surface area contributed by atoms with Crippen LogP contribution in [0.5, 0.6) is 0 Å². The highest BCUT2D eigenvalue weighted by Crippen LogP contribution is 2.20. The zero-order chi connectivity index (χ0) is 20.1. The lowest BCUT2D eigenvalue weighted by Crippen LogP contribution is -2.48. The fraction of sp³-hybridized carbons (Fsp3) is 0.476. The molecule has 1 aromatic carbocycles. The molecule has 28 heavy (non-hydrogen) atoms. The summed E-state index contributed by atoms with van der Waals surface area (Å²) < 4.78 is 1.86. The van der Waals surface area contributed by atoms with Crippen molar-refractivity contribution in [3.05, 3.63) is 53.3 Å². The summed E-state index contributed by atoms with van der Waals surface area (Å²) in [6, 6.07) is 10.3. The highest BCUT2D eigenvalue weighted by molar-refractivity contribution is 5.95. The number of piperidine rings is 1.